The highest BCUT2D eigenvalue weighted by atomic mass is 16.3. The minimum absolute atomic E-state index is 0.500. The standard InChI is InChI=1S/C40H24N4O/c1-3-9-25(10-4-1)29-15-16-31-22-32(18-17-30(31)21-29)39-42-38(26-11-5-2-6-12-26)43-40(44-39)37-36-33-23-27-13-7-8-14-28(27)24-35(33)45-34(36)19-20-41-37/h1-24H. The van der Waals surface area contributed by atoms with Gasteiger partial charge in [0.15, 0.2) is 17.5 Å². The van der Waals surface area contributed by atoms with Gasteiger partial charge in [-0.25, -0.2) is 15.0 Å². The molecule has 45 heavy (non-hydrogen) atoms. The number of rotatable bonds is 4. The number of hydrogen-bond acceptors (Lipinski definition) is 5. The molecule has 210 valence electrons. The summed E-state index contributed by atoms with van der Waals surface area (Å²) in [4.78, 5) is 19.8. The van der Waals surface area contributed by atoms with Gasteiger partial charge in [0.1, 0.15) is 16.9 Å². The van der Waals surface area contributed by atoms with E-state index < -0.39 is 0 Å². The molecule has 0 fully saturated rings. The van der Waals surface area contributed by atoms with Crippen molar-refractivity contribution in [1.82, 2.24) is 19.9 Å². The fraction of sp³-hybridized carbons (Fsp3) is 0. The fourth-order valence-electron chi connectivity index (χ4n) is 6.10. The second-order valence-electron chi connectivity index (χ2n) is 11.1. The lowest BCUT2D eigenvalue weighted by Gasteiger charge is -2.10. The van der Waals surface area contributed by atoms with Gasteiger partial charge in [-0.05, 0) is 63.0 Å². The first kappa shape index (κ1) is 25.3. The average molecular weight is 577 g/mol. The van der Waals surface area contributed by atoms with E-state index >= 15 is 0 Å². The number of nitrogens with zero attached hydrogens (tertiary/aromatic N) is 4. The molecule has 5 nitrogen and oxygen atoms in total. The lowest BCUT2D eigenvalue weighted by molar-refractivity contribution is 0.669. The van der Waals surface area contributed by atoms with Gasteiger partial charge in [0, 0.05) is 22.7 Å². The number of aromatic nitrogens is 4. The second kappa shape index (κ2) is 10.2. The van der Waals surface area contributed by atoms with E-state index in [1.165, 1.54) is 11.1 Å². The van der Waals surface area contributed by atoms with E-state index in [0.29, 0.717) is 23.2 Å². The maximum atomic E-state index is 6.33. The van der Waals surface area contributed by atoms with Gasteiger partial charge in [-0.2, -0.15) is 0 Å². The van der Waals surface area contributed by atoms with Crippen LogP contribution in [0.25, 0.3) is 88.9 Å². The molecular weight excluding hydrogens is 552 g/mol. The van der Waals surface area contributed by atoms with Crippen molar-refractivity contribution in [3.63, 3.8) is 0 Å². The summed E-state index contributed by atoms with van der Waals surface area (Å²) in [5.41, 5.74) is 6.41. The molecule has 0 atom stereocenters. The van der Waals surface area contributed by atoms with Crippen molar-refractivity contribution in [2.45, 2.75) is 0 Å². The van der Waals surface area contributed by atoms with Crippen molar-refractivity contribution >= 4 is 43.5 Å². The molecule has 0 aliphatic rings. The van der Waals surface area contributed by atoms with Crippen LogP contribution in [0.3, 0.4) is 0 Å². The smallest absolute Gasteiger partial charge is 0.183 e. The van der Waals surface area contributed by atoms with Gasteiger partial charge in [-0.1, -0.05) is 109 Å². The van der Waals surface area contributed by atoms with Gasteiger partial charge in [0.05, 0.1) is 5.39 Å². The first-order chi connectivity index (χ1) is 22.3. The van der Waals surface area contributed by atoms with E-state index in [4.69, 9.17) is 24.4 Å². The van der Waals surface area contributed by atoms with Crippen LogP contribution in [-0.2, 0) is 0 Å². The Morgan fingerprint density at radius 3 is 1.73 bits per heavy atom. The molecule has 0 saturated carbocycles. The predicted octanol–water partition coefficient (Wildman–Crippen LogP) is 10.1. The molecule has 0 saturated heterocycles. The molecule has 3 heterocycles. The Balaban J connectivity index is 1.24. The Bertz CT molecular complexity index is 2540. The van der Waals surface area contributed by atoms with Gasteiger partial charge >= 0.3 is 0 Å². The van der Waals surface area contributed by atoms with Gasteiger partial charge in [0.2, 0.25) is 0 Å². The highest BCUT2D eigenvalue weighted by molar-refractivity contribution is 6.14. The monoisotopic (exact) mass is 576 g/mol. The molecule has 0 aliphatic heterocycles. The van der Waals surface area contributed by atoms with E-state index in [2.05, 4.69) is 84.9 Å². The molecule has 0 radical (unpaired) electrons. The zero-order valence-corrected chi connectivity index (χ0v) is 24.1. The molecule has 0 unspecified atom stereocenters. The lowest BCUT2D eigenvalue weighted by Crippen LogP contribution is -2.01. The predicted molar refractivity (Wildman–Crippen MR) is 182 cm³/mol. The zero-order valence-electron chi connectivity index (χ0n) is 24.1. The first-order valence-electron chi connectivity index (χ1n) is 14.9. The van der Waals surface area contributed by atoms with Crippen LogP contribution in [0.4, 0.5) is 0 Å². The summed E-state index contributed by atoms with van der Waals surface area (Å²) in [7, 11) is 0. The van der Waals surface area contributed by atoms with Crippen molar-refractivity contribution in [2.75, 3.05) is 0 Å². The van der Waals surface area contributed by atoms with Gasteiger partial charge in [-0.3, -0.25) is 4.98 Å². The maximum Gasteiger partial charge on any atom is 0.183 e. The SMILES string of the molecule is c1ccc(-c2ccc3cc(-c4nc(-c5ccccc5)nc(-c5nccc6oc7cc8ccccc8cc7c56)n4)ccc3c2)cc1. The van der Waals surface area contributed by atoms with Crippen molar-refractivity contribution in [3.8, 4) is 45.4 Å². The summed E-state index contributed by atoms with van der Waals surface area (Å²) >= 11 is 0. The normalized spacial score (nSPS) is 11.6. The van der Waals surface area contributed by atoms with Crippen LogP contribution in [0.5, 0.6) is 0 Å². The van der Waals surface area contributed by atoms with Crippen LogP contribution in [0.15, 0.2) is 150 Å². The largest absolute Gasteiger partial charge is 0.456 e. The Labute approximate surface area is 258 Å². The Hall–Kier alpha value is -6.20. The summed E-state index contributed by atoms with van der Waals surface area (Å²) in [6.45, 7) is 0. The second-order valence-corrected chi connectivity index (χ2v) is 11.1. The summed E-state index contributed by atoms with van der Waals surface area (Å²) in [6.07, 6.45) is 1.76. The van der Waals surface area contributed by atoms with Crippen LogP contribution in [0.2, 0.25) is 0 Å². The maximum absolute atomic E-state index is 6.33. The number of fused-ring (bicyclic) bond motifs is 5. The Morgan fingerprint density at radius 2 is 0.978 bits per heavy atom. The van der Waals surface area contributed by atoms with E-state index in [1.54, 1.807) is 6.20 Å². The molecule has 0 bridgehead atoms. The highest BCUT2D eigenvalue weighted by Gasteiger charge is 2.19. The molecule has 0 amide bonds. The zero-order chi connectivity index (χ0) is 29.7. The molecular formula is C40H24N4O. The number of furan rings is 1. The third kappa shape index (κ3) is 4.41. The first-order valence-corrected chi connectivity index (χ1v) is 14.9. The lowest BCUT2D eigenvalue weighted by atomic mass is 10.00. The topological polar surface area (TPSA) is 64.7 Å². The van der Waals surface area contributed by atoms with E-state index in [0.717, 1.165) is 54.6 Å². The Kier molecular flexibility index (Phi) is 5.74. The molecule has 9 aromatic rings. The summed E-state index contributed by atoms with van der Waals surface area (Å²) in [5, 5.41) is 6.40. The molecule has 0 spiro atoms. The number of pyridine rings is 1. The molecule has 3 aromatic heterocycles. The van der Waals surface area contributed by atoms with E-state index in [-0.39, 0.29) is 0 Å². The minimum atomic E-state index is 0.500. The van der Waals surface area contributed by atoms with Crippen molar-refractivity contribution in [1.29, 1.82) is 0 Å². The van der Waals surface area contributed by atoms with Crippen molar-refractivity contribution in [2.24, 2.45) is 0 Å². The molecule has 0 aliphatic carbocycles. The Morgan fingerprint density at radius 1 is 0.400 bits per heavy atom. The third-order valence-electron chi connectivity index (χ3n) is 8.33. The number of benzene rings is 6. The highest BCUT2D eigenvalue weighted by Crippen LogP contribution is 2.37. The third-order valence-corrected chi connectivity index (χ3v) is 8.33. The molecule has 6 aromatic carbocycles. The van der Waals surface area contributed by atoms with E-state index in [9.17, 15) is 0 Å². The van der Waals surface area contributed by atoms with Crippen molar-refractivity contribution < 1.29 is 4.42 Å². The summed E-state index contributed by atoms with van der Waals surface area (Å²) < 4.78 is 6.33. The molecule has 9 rings (SSSR count). The molecule has 0 N–H and O–H groups in total. The summed E-state index contributed by atoms with van der Waals surface area (Å²) in [6, 6.07) is 47.8. The average Bonchev–Trinajstić information content (AvgIpc) is 3.48. The quantitative estimate of drug-likeness (QED) is 0.209. The molecule has 5 heteroatoms. The van der Waals surface area contributed by atoms with Gasteiger partial charge in [-0.15, -0.1) is 0 Å². The van der Waals surface area contributed by atoms with Crippen LogP contribution in [-0.4, -0.2) is 19.9 Å². The fourth-order valence-corrected chi connectivity index (χ4v) is 6.10. The van der Waals surface area contributed by atoms with Gasteiger partial charge < -0.3 is 4.42 Å². The van der Waals surface area contributed by atoms with Crippen LogP contribution < -0.4 is 0 Å². The van der Waals surface area contributed by atoms with Crippen LogP contribution in [0.1, 0.15) is 0 Å². The van der Waals surface area contributed by atoms with Crippen LogP contribution in [0, 0.1) is 0 Å². The van der Waals surface area contributed by atoms with Crippen LogP contribution >= 0.6 is 0 Å². The number of hydrogen-bond donors (Lipinski definition) is 0. The summed E-state index contributed by atoms with van der Waals surface area (Å²) in [5.74, 6) is 1.68. The van der Waals surface area contributed by atoms with Crippen molar-refractivity contribution in [3.05, 3.63) is 146 Å². The van der Waals surface area contributed by atoms with E-state index in [1.807, 2.05) is 54.6 Å². The minimum Gasteiger partial charge on any atom is -0.456 e. The van der Waals surface area contributed by atoms with Gasteiger partial charge in [0.25, 0.3) is 0 Å².